The topological polar surface area (TPSA) is 50.9 Å². The maximum Gasteiger partial charge on any atom is 0.140 e. The zero-order valence-electron chi connectivity index (χ0n) is 10.8. The Balaban J connectivity index is 2.38. The molecule has 1 aromatic carbocycles. The fraction of sp³-hybridized carbons (Fsp3) is 0.143. The summed E-state index contributed by atoms with van der Waals surface area (Å²) in [6.45, 7) is 1.97. The molecule has 0 bridgehead atoms. The van der Waals surface area contributed by atoms with Crippen molar-refractivity contribution in [2.24, 2.45) is 5.73 Å². The minimum Gasteiger partial charge on any atom is -0.389 e. The molecule has 19 heavy (non-hydrogen) atoms. The minimum absolute atomic E-state index is 0.356. The molecular weight excluding hydrogens is 274 g/mol. The van der Waals surface area contributed by atoms with E-state index in [9.17, 15) is 0 Å². The van der Waals surface area contributed by atoms with Crippen LogP contribution in [0.4, 0.5) is 11.5 Å². The number of hydrogen-bond donors (Lipinski definition) is 2. The lowest BCUT2D eigenvalue weighted by Gasteiger charge is -2.12. The smallest absolute Gasteiger partial charge is 0.140 e. The van der Waals surface area contributed by atoms with E-state index in [1.165, 1.54) is 4.90 Å². The van der Waals surface area contributed by atoms with E-state index in [0.29, 0.717) is 10.8 Å². The number of nitrogens with two attached hydrogens (primary N) is 1. The van der Waals surface area contributed by atoms with Crippen molar-refractivity contribution in [3.05, 3.63) is 47.7 Å². The van der Waals surface area contributed by atoms with Crippen molar-refractivity contribution in [3.63, 3.8) is 0 Å². The Labute approximate surface area is 122 Å². The largest absolute Gasteiger partial charge is 0.389 e. The number of thiocarbonyl (C=S) groups is 1. The van der Waals surface area contributed by atoms with Crippen molar-refractivity contribution in [3.8, 4) is 0 Å². The van der Waals surface area contributed by atoms with E-state index in [2.05, 4.69) is 22.4 Å². The molecule has 0 radical (unpaired) electrons. The van der Waals surface area contributed by atoms with E-state index < -0.39 is 0 Å². The van der Waals surface area contributed by atoms with Crippen molar-refractivity contribution in [2.75, 3.05) is 11.6 Å². The number of aryl methyl sites for hydroxylation is 1. The first-order valence-corrected chi connectivity index (χ1v) is 7.41. The maximum absolute atomic E-state index is 5.77. The van der Waals surface area contributed by atoms with Crippen LogP contribution in [0, 0.1) is 6.92 Å². The first-order chi connectivity index (χ1) is 9.11. The molecule has 3 nitrogen and oxygen atoms in total. The van der Waals surface area contributed by atoms with Crippen molar-refractivity contribution >= 4 is 40.5 Å². The van der Waals surface area contributed by atoms with Gasteiger partial charge in [-0.05, 0) is 43.0 Å². The quantitative estimate of drug-likeness (QED) is 0.666. The highest BCUT2D eigenvalue weighted by Gasteiger charge is 2.10. The Bertz CT molecular complexity index is 611. The van der Waals surface area contributed by atoms with Gasteiger partial charge in [-0.15, -0.1) is 11.8 Å². The summed E-state index contributed by atoms with van der Waals surface area (Å²) in [5, 5.41) is 3.28. The number of rotatable bonds is 4. The molecule has 3 N–H and O–H groups in total. The summed E-state index contributed by atoms with van der Waals surface area (Å²) in [6, 6.07) is 10.0. The Hall–Kier alpha value is -1.59. The van der Waals surface area contributed by atoms with Crippen molar-refractivity contribution in [1.82, 2.24) is 4.98 Å². The van der Waals surface area contributed by atoms with Crippen LogP contribution in [0.2, 0.25) is 0 Å². The molecule has 0 amide bonds. The van der Waals surface area contributed by atoms with Gasteiger partial charge in [0.15, 0.2) is 0 Å². The fourth-order valence-electron chi connectivity index (χ4n) is 1.80. The number of hydrogen-bond acceptors (Lipinski definition) is 4. The van der Waals surface area contributed by atoms with Crippen LogP contribution < -0.4 is 11.1 Å². The van der Waals surface area contributed by atoms with E-state index in [1.54, 1.807) is 18.0 Å². The standard InChI is InChI=1S/C14H15N3S2/c1-9-6-7-16-14(12(9)13(15)18)17-10-4-3-5-11(8-10)19-2/h3-8H,1-2H3,(H2,15,18)(H,16,17). The molecule has 5 heteroatoms. The molecule has 0 unspecified atom stereocenters. The van der Waals surface area contributed by atoms with Gasteiger partial charge in [-0.1, -0.05) is 18.3 Å². The Morgan fingerprint density at radius 2 is 2.16 bits per heavy atom. The third kappa shape index (κ3) is 3.24. The van der Waals surface area contributed by atoms with Gasteiger partial charge >= 0.3 is 0 Å². The number of benzene rings is 1. The lowest BCUT2D eigenvalue weighted by molar-refractivity contribution is 1.25. The molecule has 2 aromatic rings. The van der Waals surface area contributed by atoms with Gasteiger partial charge in [0, 0.05) is 16.8 Å². The van der Waals surface area contributed by atoms with Crippen LogP contribution in [0.15, 0.2) is 41.4 Å². The highest BCUT2D eigenvalue weighted by Crippen LogP contribution is 2.24. The molecule has 0 atom stereocenters. The van der Waals surface area contributed by atoms with E-state index >= 15 is 0 Å². The first kappa shape index (κ1) is 13.8. The van der Waals surface area contributed by atoms with Gasteiger partial charge in [-0.3, -0.25) is 0 Å². The van der Waals surface area contributed by atoms with Gasteiger partial charge < -0.3 is 11.1 Å². The number of anilines is 2. The Kier molecular flexibility index (Phi) is 4.39. The number of nitrogens with one attached hydrogen (secondary N) is 1. The van der Waals surface area contributed by atoms with Gasteiger partial charge in [0.2, 0.25) is 0 Å². The molecule has 0 saturated carbocycles. The lowest BCUT2D eigenvalue weighted by atomic mass is 10.1. The second kappa shape index (κ2) is 6.04. The normalized spacial score (nSPS) is 10.2. The van der Waals surface area contributed by atoms with Crippen LogP contribution in [0.5, 0.6) is 0 Å². The fourth-order valence-corrected chi connectivity index (χ4v) is 2.52. The number of nitrogens with zero attached hydrogens (tertiary/aromatic N) is 1. The summed E-state index contributed by atoms with van der Waals surface area (Å²) in [4.78, 5) is 5.87. The Morgan fingerprint density at radius 1 is 1.37 bits per heavy atom. The van der Waals surface area contributed by atoms with Crippen LogP contribution in [-0.4, -0.2) is 16.2 Å². The summed E-state index contributed by atoms with van der Waals surface area (Å²) in [5.41, 5.74) is 8.56. The average molecular weight is 289 g/mol. The zero-order valence-corrected chi connectivity index (χ0v) is 12.4. The minimum atomic E-state index is 0.356. The monoisotopic (exact) mass is 289 g/mol. The predicted octanol–water partition coefficient (Wildman–Crippen LogP) is 3.49. The molecule has 0 aliphatic heterocycles. The summed E-state index contributed by atoms with van der Waals surface area (Å²) in [6.07, 6.45) is 3.79. The van der Waals surface area contributed by atoms with Gasteiger partial charge in [0.1, 0.15) is 10.8 Å². The van der Waals surface area contributed by atoms with E-state index in [0.717, 1.165) is 16.8 Å². The van der Waals surface area contributed by atoms with Crippen LogP contribution in [-0.2, 0) is 0 Å². The van der Waals surface area contributed by atoms with Crippen LogP contribution in [0.1, 0.15) is 11.1 Å². The van der Waals surface area contributed by atoms with Crippen molar-refractivity contribution in [2.45, 2.75) is 11.8 Å². The number of aromatic nitrogens is 1. The van der Waals surface area contributed by atoms with E-state index in [-0.39, 0.29) is 0 Å². The molecule has 0 saturated heterocycles. The summed E-state index contributed by atoms with van der Waals surface area (Å²) in [7, 11) is 0. The zero-order chi connectivity index (χ0) is 13.8. The predicted molar refractivity (Wildman–Crippen MR) is 86.4 cm³/mol. The molecule has 0 aliphatic carbocycles. The maximum atomic E-state index is 5.77. The average Bonchev–Trinajstić information content (AvgIpc) is 2.38. The van der Waals surface area contributed by atoms with Crippen molar-refractivity contribution < 1.29 is 0 Å². The highest BCUT2D eigenvalue weighted by molar-refractivity contribution is 7.98. The van der Waals surface area contributed by atoms with Crippen LogP contribution in [0.25, 0.3) is 0 Å². The summed E-state index contributed by atoms with van der Waals surface area (Å²) >= 11 is 6.79. The van der Waals surface area contributed by atoms with Gasteiger partial charge in [0.25, 0.3) is 0 Å². The third-order valence-electron chi connectivity index (χ3n) is 2.74. The second-order valence-electron chi connectivity index (χ2n) is 4.07. The van der Waals surface area contributed by atoms with Gasteiger partial charge in [0.05, 0.1) is 5.56 Å². The summed E-state index contributed by atoms with van der Waals surface area (Å²) < 4.78 is 0. The molecule has 0 spiro atoms. The second-order valence-corrected chi connectivity index (χ2v) is 5.39. The van der Waals surface area contributed by atoms with Gasteiger partial charge in [-0.25, -0.2) is 4.98 Å². The van der Waals surface area contributed by atoms with Crippen LogP contribution >= 0.6 is 24.0 Å². The molecule has 2 rings (SSSR count). The van der Waals surface area contributed by atoms with E-state index in [4.69, 9.17) is 18.0 Å². The molecule has 1 aromatic heterocycles. The number of pyridine rings is 1. The Morgan fingerprint density at radius 3 is 2.84 bits per heavy atom. The molecule has 98 valence electrons. The van der Waals surface area contributed by atoms with E-state index in [1.807, 2.05) is 31.4 Å². The highest BCUT2D eigenvalue weighted by atomic mass is 32.2. The lowest BCUT2D eigenvalue weighted by Crippen LogP contribution is -2.14. The molecule has 1 heterocycles. The first-order valence-electron chi connectivity index (χ1n) is 5.78. The van der Waals surface area contributed by atoms with Gasteiger partial charge in [-0.2, -0.15) is 0 Å². The van der Waals surface area contributed by atoms with Crippen molar-refractivity contribution in [1.29, 1.82) is 0 Å². The third-order valence-corrected chi connectivity index (χ3v) is 3.67. The summed E-state index contributed by atoms with van der Waals surface area (Å²) in [5.74, 6) is 0.700. The SMILES string of the molecule is CSc1cccc(Nc2nccc(C)c2C(N)=S)c1. The molecular formula is C14H15N3S2. The molecule has 0 aliphatic rings. The number of thioether (sulfide) groups is 1. The van der Waals surface area contributed by atoms with Crippen LogP contribution in [0.3, 0.4) is 0 Å². The molecule has 0 fully saturated rings.